The standard InChI is InChI=1S/C47H79O13P/c1-3-5-7-9-11-13-15-17-18-19-20-21-22-24-25-27-29-31-33-35-40(48)57-37-39(38-58-61(55,56)60-47-45(53)43(51)42(50)44(52)46(47)54)59-41(49)36-34-32-30-28-26-23-16-14-12-10-8-6-4-2/h11,13,17-18,20-21,23-26,29,31,39,42-47,50-54H,3-10,12,14-16,19,22,27-28,30,32-38H2,1-2H3,(H,55,56)/b13-11+,18-17+,21-20+,25-24+,26-23+,31-29+/t39-,42?,43-,44?,45?,46?,47?/m0/s1. The molecule has 1 aliphatic rings. The van der Waals surface area contributed by atoms with Crippen molar-refractivity contribution >= 4 is 19.8 Å². The maximum absolute atomic E-state index is 12.8. The number of phosphoric acid groups is 1. The summed E-state index contributed by atoms with van der Waals surface area (Å²) in [4.78, 5) is 35.6. The molecule has 8 atom stereocenters. The van der Waals surface area contributed by atoms with E-state index in [0.717, 1.165) is 51.4 Å². The lowest BCUT2D eigenvalue weighted by Crippen LogP contribution is -2.64. The highest BCUT2D eigenvalue weighted by atomic mass is 31.2. The smallest absolute Gasteiger partial charge is 0.462 e. The summed E-state index contributed by atoms with van der Waals surface area (Å²) in [6, 6.07) is 0. The van der Waals surface area contributed by atoms with E-state index in [2.05, 4.69) is 68.5 Å². The van der Waals surface area contributed by atoms with Gasteiger partial charge in [0, 0.05) is 12.8 Å². The van der Waals surface area contributed by atoms with Crippen LogP contribution in [-0.2, 0) is 32.7 Å². The minimum atomic E-state index is -5.14. The highest BCUT2D eigenvalue weighted by Gasteiger charge is 2.51. The average molecular weight is 883 g/mol. The van der Waals surface area contributed by atoms with Gasteiger partial charge in [-0.25, -0.2) is 4.57 Å². The monoisotopic (exact) mass is 883 g/mol. The van der Waals surface area contributed by atoms with E-state index in [4.69, 9.17) is 18.5 Å². The van der Waals surface area contributed by atoms with Crippen LogP contribution in [0.4, 0.5) is 0 Å². The van der Waals surface area contributed by atoms with Gasteiger partial charge in [-0.05, 0) is 77.0 Å². The third-order valence-corrected chi connectivity index (χ3v) is 11.0. The number of allylic oxidation sites excluding steroid dienone is 12. The first kappa shape index (κ1) is 56.3. The summed E-state index contributed by atoms with van der Waals surface area (Å²) in [5.74, 6) is -1.22. The van der Waals surface area contributed by atoms with Gasteiger partial charge in [-0.2, -0.15) is 0 Å². The fraction of sp³-hybridized carbons (Fsp3) is 0.702. The van der Waals surface area contributed by atoms with Gasteiger partial charge < -0.3 is 39.9 Å². The molecule has 1 rings (SSSR count). The minimum absolute atomic E-state index is 0.0373. The van der Waals surface area contributed by atoms with E-state index in [9.17, 15) is 44.6 Å². The van der Waals surface area contributed by atoms with E-state index in [0.29, 0.717) is 19.3 Å². The summed E-state index contributed by atoms with van der Waals surface area (Å²) in [5, 5.41) is 50.1. The number of hydrogen-bond acceptors (Lipinski definition) is 12. The zero-order valence-electron chi connectivity index (χ0n) is 36.9. The van der Waals surface area contributed by atoms with E-state index in [1.807, 2.05) is 18.2 Å². The molecule has 0 aromatic heterocycles. The van der Waals surface area contributed by atoms with Crippen molar-refractivity contribution in [1.82, 2.24) is 0 Å². The second kappa shape index (κ2) is 36.7. The van der Waals surface area contributed by atoms with Crippen molar-refractivity contribution in [1.29, 1.82) is 0 Å². The number of unbranched alkanes of at least 4 members (excludes halogenated alkanes) is 12. The number of rotatable bonds is 36. The number of aliphatic hydroxyl groups is 5. The number of esters is 2. The van der Waals surface area contributed by atoms with Crippen LogP contribution >= 0.6 is 7.82 Å². The van der Waals surface area contributed by atoms with Crippen molar-refractivity contribution in [3.8, 4) is 0 Å². The van der Waals surface area contributed by atoms with Gasteiger partial charge in [0.25, 0.3) is 0 Å². The topological polar surface area (TPSA) is 210 Å². The van der Waals surface area contributed by atoms with Crippen molar-refractivity contribution in [3.05, 3.63) is 72.9 Å². The molecule has 0 aromatic rings. The van der Waals surface area contributed by atoms with Gasteiger partial charge in [0.1, 0.15) is 43.2 Å². The molecule has 14 heteroatoms. The molecule has 1 saturated carbocycles. The molecule has 0 amide bonds. The Labute approximate surface area is 365 Å². The molecular weight excluding hydrogens is 803 g/mol. The lowest BCUT2D eigenvalue weighted by atomic mass is 9.85. The second-order valence-corrected chi connectivity index (χ2v) is 16.9. The average Bonchev–Trinajstić information content (AvgIpc) is 3.24. The normalized spacial score (nSPS) is 22.7. The Morgan fingerprint density at radius 1 is 0.508 bits per heavy atom. The minimum Gasteiger partial charge on any atom is -0.462 e. The van der Waals surface area contributed by atoms with E-state index < -0.39 is 75.7 Å². The van der Waals surface area contributed by atoms with Crippen LogP contribution in [0.25, 0.3) is 0 Å². The van der Waals surface area contributed by atoms with Crippen LogP contribution in [0.1, 0.15) is 155 Å². The van der Waals surface area contributed by atoms with Gasteiger partial charge in [-0.1, -0.05) is 138 Å². The van der Waals surface area contributed by atoms with Crippen molar-refractivity contribution in [2.45, 2.75) is 198 Å². The van der Waals surface area contributed by atoms with Crippen LogP contribution < -0.4 is 0 Å². The van der Waals surface area contributed by atoms with Crippen molar-refractivity contribution < 1.29 is 63.1 Å². The molecule has 0 aromatic carbocycles. The summed E-state index contributed by atoms with van der Waals surface area (Å²) >= 11 is 0. The van der Waals surface area contributed by atoms with Crippen LogP contribution in [0, 0.1) is 0 Å². The van der Waals surface area contributed by atoms with E-state index in [1.54, 1.807) is 0 Å². The second-order valence-electron chi connectivity index (χ2n) is 15.5. The van der Waals surface area contributed by atoms with Gasteiger partial charge in [0.05, 0.1) is 6.61 Å². The number of aliphatic hydroxyl groups excluding tert-OH is 5. The van der Waals surface area contributed by atoms with Gasteiger partial charge >= 0.3 is 19.8 Å². The third kappa shape index (κ3) is 29.3. The number of carbonyl (C=O) groups is 2. The third-order valence-electron chi connectivity index (χ3n) is 10.0. The SMILES string of the molecule is CCCCC/C=C/C/C=C/C/C=C/C/C=C/C/C=C/CCC(=O)OC[C@@H](COP(=O)(O)OC1C(O)C(O)C(O)[C@H](O)C1O)OC(=O)CCCCC/C=C/CCCCCCCC. The van der Waals surface area contributed by atoms with Gasteiger partial charge in [-0.15, -0.1) is 0 Å². The van der Waals surface area contributed by atoms with Crippen LogP contribution in [-0.4, -0.2) is 98.3 Å². The largest absolute Gasteiger partial charge is 0.472 e. The first-order valence-electron chi connectivity index (χ1n) is 22.7. The quantitative estimate of drug-likeness (QED) is 0.0151. The molecule has 1 fully saturated rings. The first-order valence-corrected chi connectivity index (χ1v) is 24.2. The maximum Gasteiger partial charge on any atom is 0.472 e. The fourth-order valence-corrected chi connectivity index (χ4v) is 7.29. The molecule has 13 nitrogen and oxygen atoms in total. The Morgan fingerprint density at radius 2 is 0.918 bits per heavy atom. The van der Waals surface area contributed by atoms with Gasteiger partial charge in [0.2, 0.25) is 0 Å². The number of carbonyl (C=O) groups excluding carboxylic acids is 2. The molecule has 0 bridgehead atoms. The summed E-state index contributed by atoms with van der Waals surface area (Å²) in [5.41, 5.74) is 0. The summed E-state index contributed by atoms with van der Waals surface area (Å²) in [7, 11) is -5.14. The Hall–Kier alpha value is -2.71. The highest BCUT2D eigenvalue weighted by Crippen LogP contribution is 2.47. The number of ether oxygens (including phenoxy) is 2. The van der Waals surface area contributed by atoms with Gasteiger partial charge in [0.15, 0.2) is 6.10 Å². The lowest BCUT2D eigenvalue weighted by molar-refractivity contribution is -0.220. The molecule has 6 N–H and O–H groups in total. The fourth-order valence-electron chi connectivity index (χ4n) is 6.32. The molecule has 61 heavy (non-hydrogen) atoms. The summed E-state index contributed by atoms with van der Waals surface area (Å²) < 4.78 is 33.4. The molecular formula is C47H79O13P. The van der Waals surface area contributed by atoms with Crippen molar-refractivity contribution in [2.75, 3.05) is 13.2 Å². The Bertz CT molecular complexity index is 1340. The lowest BCUT2D eigenvalue weighted by Gasteiger charge is -2.41. The van der Waals surface area contributed by atoms with Crippen LogP contribution in [0.2, 0.25) is 0 Å². The van der Waals surface area contributed by atoms with Crippen LogP contribution in [0.15, 0.2) is 72.9 Å². The maximum atomic E-state index is 12.8. The Morgan fingerprint density at radius 3 is 1.46 bits per heavy atom. The predicted octanol–water partition coefficient (Wildman–Crippen LogP) is 8.72. The highest BCUT2D eigenvalue weighted by molar-refractivity contribution is 7.47. The Kier molecular flexibility index (Phi) is 33.9. The molecule has 0 heterocycles. The van der Waals surface area contributed by atoms with Crippen molar-refractivity contribution in [3.63, 3.8) is 0 Å². The van der Waals surface area contributed by atoms with Crippen LogP contribution in [0.3, 0.4) is 0 Å². The Balaban J connectivity index is 2.53. The predicted molar refractivity (Wildman–Crippen MR) is 239 cm³/mol. The zero-order chi connectivity index (χ0) is 45.0. The van der Waals surface area contributed by atoms with Gasteiger partial charge in [-0.3, -0.25) is 18.6 Å². The van der Waals surface area contributed by atoms with E-state index >= 15 is 0 Å². The summed E-state index contributed by atoms with van der Waals surface area (Å²) in [6.45, 7) is 3.17. The zero-order valence-corrected chi connectivity index (χ0v) is 37.8. The molecule has 6 unspecified atom stereocenters. The molecule has 0 aliphatic heterocycles. The number of hydrogen-bond donors (Lipinski definition) is 6. The molecule has 0 spiro atoms. The number of phosphoric ester groups is 1. The molecule has 0 saturated heterocycles. The van der Waals surface area contributed by atoms with Crippen LogP contribution in [0.5, 0.6) is 0 Å². The molecule has 0 radical (unpaired) electrons. The van der Waals surface area contributed by atoms with Crippen molar-refractivity contribution in [2.24, 2.45) is 0 Å². The molecule has 1 aliphatic carbocycles. The molecule has 350 valence electrons. The first-order chi connectivity index (χ1) is 29.4. The van der Waals surface area contributed by atoms with E-state index in [-0.39, 0.29) is 12.8 Å². The van der Waals surface area contributed by atoms with E-state index in [1.165, 1.54) is 57.8 Å². The summed E-state index contributed by atoms with van der Waals surface area (Å²) in [6.07, 6.45) is 32.6.